The molecule has 1 aromatic carbocycles. The number of nitrogens with zero attached hydrogens (tertiary/aromatic N) is 1. The predicted molar refractivity (Wildman–Crippen MR) is 66.4 cm³/mol. The minimum absolute atomic E-state index is 0.0279. The third kappa shape index (κ3) is 4.53. The van der Waals surface area contributed by atoms with Crippen LogP contribution in [0.15, 0.2) is 12.1 Å². The van der Waals surface area contributed by atoms with Crippen molar-refractivity contribution in [1.82, 2.24) is 10.2 Å². The van der Waals surface area contributed by atoms with Crippen molar-refractivity contribution in [1.29, 1.82) is 0 Å². The molecular formula is C12H16F3N3O. The number of benzene rings is 1. The Morgan fingerprint density at radius 3 is 2.58 bits per heavy atom. The highest BCUT2D eigenvalue weighted by molar-refractivity contribution is 5.92. The number of rotatable bonds is 6. The van der Waals surface area contributed by atoms with Gasteiger partial charge in [0.15, 0.2) is 17.5 Å². The van der Waals surface area contributed by atoms with Gasteiger partial charge in [0.05, 0.1) is 12.2 Å². The first kappa shape index (κ1) is 15.5. The van der Waals surface area contributed by atoms with Crippen LogP contribution < -0.4 is 10.6 Å². The lowest BCUT2D eigenvalue weighted by molar-refractivity contribution is -0.117. The van der Waals surface area contributed by atoms with Gasteiger partial charge >= 0.3 is 0 Å². The molecule has 4 nitrogen and oxygen atoms in total. The number of halogens is 3. The number of hydrogen-bond donors (Lipinski definition) is 2. The van der Waals surface area contributed by atoms with Gasteiger partial charge in [-0.15, -0.1) is 0 Å². The van der Waals surface area contributed by atoms with Crippen LogP contribution in [-0.2, 0) is 4.79 Å². The van der Waals surface area contributed by atoms with Crippen LogP contribution in [0.5, 0.6) is 0 Å². The van der Waals surface area contributed by atoms with E-state index in [1.165, 1.54) is 0 Å². The summed E-state index contributed by atoms with van der Waals surface area (Å²) in [5.74, 6) is -4.78. The summed E-state index contributed by atoms with van der Waals surface area (Å²) in [5.41, 5.74) is -0.370. The van der Waals surface area contributed by atoms with Crippen LogP contribution in [-0.4, -0.2) is 44.5 Å². The highest BCUT2D eigenvalue weighted by atomic mass is 19.2. The van der Waals surface area contributed by atoms with Crippen LogP contribution in [0.3, 0.4) is 0 Å². The molecule has 0 bridgehead atoms. The van der Waals surface area contributed by atoms with Gasteiger partial charge in [0.25, 0.3) is 0 Å². The molecular weight excluding hydrogens is 259 g/mol. The van der Waals surface area contributed by atoms with Gasteiger partial charge in [-0.25, -0.2) is 13.2 Å². The van der Waals surface area contributed by atoms with E-state index in [1.54, 1.807) is 19.0 Å². The Morgan fingerprint density at radius 1 is 1.26 bits per heavy atom. The van der Waals surface area contributed by atoms with E-state index >= 15 is 0 Å². The molecule has 0 radical (unpaired) electrons. The van der Waals surface area contributed by atoms with E-state index < -0.39 is 23.4 Å². The van der Waals surface area contributed by atoms with Crippen molar-refractivity contribution in [2.24, 2.45) is 0 Å². The minimum atomic E-state index is -1.60. The summed E-state index contributed by atoms with van der Waals surface area (Å²) in [4.78, 5) is 13.3. The Kier molecular flexibility index (Phi) is 5.78. The van der Waals surface area contributed by atoms with Gasteiger partial charge in [-0.05, 0) is 26.2 Å². The van der Waals surface area contributed by atoms with Crippen LogP contribution >= 0.6 is 0 Å². The first-order valence-corrected chi connectivity index (χ1v) is 5.72. The van der Waals surface area contributed by atoms with Gasteiger partial charge in [0.1, 0.15) is 0 Å². The molecule has 0 fully saturated rings. The summed E-state index contributed by atoms with van der Waals surface area (Å²) in [5, 5.41) is 5.12. The second-order valence-electron chi connectivity index (χ2n) is 4.11. The van der Waals surface area contributed by atoms with Gasteiger partial charge < -0.3 is 10.6 Å². The van der Waals surface area contributed by atoms with E-state index in [0.29, 0.717) is 13.1 Å². The van der Waals surface area contributed by atoms with Gasteiger partial charge in [0, 0.05) is 13.1 Å². The highest BCUT2D eigenvalue weighted by Gasteiger charge is 2.15. The molecule has 0 aromatic heterocycles. The summed E-state index contributed by atoms with van der Waals surface area (Å²) < 4.78 is 39.0. The molecule has 0 aliphatic carbocycles. The van der Waals surface area contributed by atoms with Crippen molar-refractivity contribution in [3.8, 4) is 0 Å². The molecule has 2 N–H and O–H groups in total. The fourth-order valence-corrected chi connectivity index (χ4v) is 1.44. The van der Waals surface area contributed by atoms with Gasteiger partial charge in [-0.1, -0.05) is 0 Å². The van der Waals surface area contributed by atoms with Crippen LogP contribution in [0.25, 0.3) is 0 Å². The predicted octanol–water partition coefficient (Wildman–Crippen LogP) is 1.19. The first-order valence-electron chi connectivity index (χ1n) is 5.72. The summed E-state index contributed by atoms with van der Waals surface area (Å²) >= 11 is 0. The van der Waals surface area contributed by atoms with Crippen molar-refractivity contribution in [3.05, 3.63) is 29.6 Å². The van der Waals surface area contributed by atoms with Crippen LogP contribution in [0.1, 0.15) is 0 Å². The van der Waals surface area contributed by atoms with Crippen LogP contribution in [0, 0.1) is 17.5 Å². The SMILES string of the molecule is CNCCN(C)CC(=O)Nc1ccc(F)c(F)c1F. The Bertz CT molecular complexity index is 454. The molecule has 0 heterocycles. The molecule has 0 unspecified atom stereocenters. The molecule has 106 valence electrons. The number of carbonyl (C=O) groups excluding carboxylic acids is 1. The molecule has 0 saturated heterocycles. The molecule has 1 rings (SSSR count). The Labute approximate surface area is 109 Å². The van der Waals surface area contributed by atoms with Crippen molar-refractivity contribution in [2.75, 3.05) is 39.0 Å². The van der Waals surface area contributed by atoms with E-state index in [-0.39, 0.29) is 12.2 Å². The maximum absolute atomic E-state index is 13.3. The van der Waals surface area contributed by atoms with E-state index in [9.17, 15) is 18.0 Å². The monoisotopic (exact) mass is 275 g/mol. The maximum Gasteiger partial charge on any atom is 0.238 e. The molecule has 0 aliphatic heterocycles. The van der Waals surface area contributed by atoms with E-state index in [2.05, 4.69) is 10.6 Å². The molecule has 1 amide bonds. The van der Waals surface area contributed by atoms with Crippen molar-refractivity contribution >= 4 is 11.6 Å². The zero-order chi connectivity index (χ0) is 14.4. The fourth-order valence-electron chi connectivity index (χ4n) is 1.44. The quantitative estimate of drug-likeness (QED) is 0.767. The molecule has 1 aromatic rings. The molecule has 7 heteroatoms. The molecule has 19 heavy (non-hydrogen) atoms. The zero-order valence-electron chi connectivity index (χ0n) is 10.8. The third-order valence-electron chi connectivity index (χ3n) is 2.47. The van der Waals surface area contributed by atoms with Gasteiger partial charge in [-0.2, -0.15) is 0 Å². The third-order valence-corrected chi connectivity index (χ3v) is 2.47. The van der Waals surface area contributed by atoms with Gasteiger partial charge in [0.2, 0.25) is 5.91 Å². The summed E-state index contributed by atoms with van der Waals surface area (Å²) in [7, 11) is 3.50. The zero-order valence-corrected chi connectivity index (χ0v) is 10.8. The molecule has 0 spiro atoms. The van der Waals surface area contributed by atoms with Crippen LogP contribution in [0.2, 0.25) is 0 Å². The summed E-state index contributed by atoms with van der Waals surface area (Å²) in [6, 6.07) is 1.75. The van der Waals surface area contributed by atoms with E-state index in [1.807, 2.05) is 0 Å². The normalized spacial score (nSPS) is 10.8. The van der Waals surface area contributed by atoms with E-state index in [4.69, 9.17) is 0 Å². The smallest absolute Gasteiger partial charge is 0.238 e. The first-order chi connectivity index (χ1) is 8.95. The number of nitrogens with one attached hydrogen (secondary N) is 2. The second-order valence-corrected chi connectivity index (χ2v) is 4.11. The van der Waals surface area contributed by atoms with Gasteiger partial charge in [-0.3, -0.25) is 9.69 Å². The lowest BCUT2D eigenvalue weighted by atomic mass is 10.2. The standard InChI is InChI=1S/C12H16F3N3O/c1-16-5-6-18(2)7-10(19)17-9-4-3-8(13)11(14)12(9)15/h3-4,16H,5-7H2,1-2H3,(H,17,19). The molecule has 0 atom stereocenters. The van der Waals surface area contributed by atoms with Crippen molar-refractivity contribution in [2.45, 2.75) is 0 Å². The van der Waals surface area contributed by atoms with E-state index in [0.717, 1.165) is 12.1 Å². The minimum Gasteiger partial charge on any atom is -0.322 e. The Balaban J connectivity index is 2.60. The number of anilines is 1. The largest absolute Gasteiger partial charge is 0.322 e. The highest BCUT2D eigenvalue weighted by Crippen LogP contribution is 2.19. The summed E-state index contributed by atoms with van der Waals surface area (Å²) in [6.45, 7) is 1.35. The number of carbonyl (C=O) groups is 1. The average molecular weight is 275 g/mol. The average Bonchev–Trinajstić information content (AvgIpc) is 2.37. The van der Waals surface area contributed by atoms with Crippen molar-refractivity contribution in [3.63, 3.8) is 0 Å². The second kappa shape index (κ2) is 7.10. The maximum atomic E-state index is 13.3. The Hall–Kier alpha value is -1.60. The Morgan fingerprint density at radius 2 is 1.95 bits per heavy atom. The number of amides is 1. The molecule has 0 saturated carbocycles. The lowest BCUT2D eigenvalue weighted by Gasteiger charge is -2.16. The number of hydrogen-bond acceptors (Lipinski definition) is 3. The fraction of sp³-hybridized carbons (Fsp3) is 0.417. The van der Waals surface area contributed by atoms with Crippen molar-refractivity contribution < 1.29 is 18.0 Å². The summed E-state index contributed by atoms with van der Waals surface area (Å²) in [6.07, 6.45) is 0. The lowest BCUT2D eigenvalue weighted by Crippen LogP contribution is -2.34. The molecule has 0 aliphatic rings. The topological polar surface area (TPSA) is 44.4 Å². The van der Waals surface area contributed by atoms with Crippen LogP contribution in [0.4, 0.5) is 18.9 Å². The number of likely N-dealkylation sites (N-methyl/N-ethyl adjacent to an activating group) is 2.